The van der Waals surface area contributed by atoms with Gasteiger partial charge in [0, 0.05) is 45.6 Å². The van der Waals surface area contributed by atoms with Crippen LogP contribution in [0.4, 0.5) is 5.69 Å². The molecule has 0 saturated carbocycles. The van der Waals surface area contributed by atoms with Crippen LogP contribution in [0.1, 0.15) is 37.2 Å². The number of Topliss-reactive ketones (excluding diaryl/α,β-unsaturated/α-hetero) is 1. The van der Waals surface area contributed by atoms with E-state index < -0.39 is 5.92 Å². The summed E-state index contributed by atoms with van der Waals surface area (Å²) in [5, 5.41) is 0.873. The molecule has 30 heavy (non-hydrogen) atoms. The number of ketones is 1. The molecule has 0 aromatic heterocycles. The maximum absolute atomic E-state index is 13.3. The van der Waals surface area contributed by atoms with Crippen LogP contribution >= 0.6 is 23.2 Å². The van der Waals surface area contributed by atoms with Gasteiger partial charge in [0.2, 0.25) is 5.91 Å². The molecule has 2 aromatic carbocycles. The van der Waals surface area contributed by atoms with E-state index in [1.165, 1.54) is 0 Å². The lowest BCUT2D eigenvalue weighted by Gasteiger charge is -2.38. The van der Waals surface area contributed by atoms with Crippen molar-refractivity contribution in [2.45, 2.75) is 31.6 Å². The first-order chi connectivity index (χ1) is 14.4. The minimum atomic E-state index is -0.392. The van der Waals surface area contributed by atoms with E-state index >= 15 is 0 Å². The second-order valence-corrected chi connectivity index (χ2v) is 8.21. The maximum atomic E-state index is 13.3. The summed E-state index contributed by atoms with van der Waals surface area (Å²) in [5.41, 5.74) is 2.73. The van der Waals surface area contributed by atoms with E-state index in [1.807, 2.05) is 12.1 Å². The first kappa shape index (κ1) is 20.8. The summed E-state index contributed by atoms with van der Waals surface area (Å²) in [6.45, 7) is 0. The maximum Gasteiger partial charge on any atom is 0.232 e. The van der Waals surface area contributed by atoms with Crippen LogP contribution in [0.3, 0.4) is 0 Å². The van der Waals surface area contributed by atoms with E-state index in [1.54, 1.807) is 43.4 Å². The molecule has 1 heterocycles. The highest BCUT2D eigenvalue weighted by molar-refractivity contribution is 6.35. The second kappa shape index (κ2) is 8.32. The van der Waals surface area contributed by atoms with E-state index in [9.17, 15) is 9.59 Å². The number of methoxy groups -OCH3 is 2. The van der Waals surface area contributed by atoms with Crippen molar-refractivity contribution in [3.8, 4) is 11.5 Å². The molecule has 1 atom stereocenters. The Morgan fingerprint density at radius 2 is 1.73 bits per heavy atom. The number of ether oxygens (including phenoxy) is 2. The highest BCUT2D eigenvalue weighted by Gasteiger charge is 2.41. The van der Waals surface area contributed by atoms with Gasteiger partial charge in [-0.3, -0.25) is 14.5 Å². The van der Waals surface area contributed by atoms with Crippen LogP contribution in [0.15, 0.2) is 47.7 Å². The minimum Gasteiger partial charge on any atom is -0.493 e. The number of carbonyl (C=O) groups excluding carboxylic acids is 2. The van der Waals surface area contributed by atoms with Crippen molar-refractivity contribution in [1.29, 1.82) is 0 Å². The minimum absolute atomic E-state index is 0.0525. The number of hydrogen-bond donors (Lipinski definition) is 0. The van der Waals surface area contributed by atoms with Gasteiger partial charge in [-0.05, 0) is 37.1 Å². The number of anilines is 1. The zero-order valence-electron chi connectivity index (χ0n) is 16.7. The number of allylic oxidation sites excluding steroid dienone is 2. The van der Waals surface area contributed by atoms with Gasteiger partial charge in [-0.1, -0.05) is 35.3 Å². The lowest BCUT2D eigenvalue weighted by atomic mass is 9.76. The van der Waals surface area contributed by atoms with Gasteiger partial charge in [0.25, 0.3) is 0 Å². The molecule has 156 valence electrons. The molecule has 2 aromatic rings. The van der Waals surface area contributed by atoms with Crippen molar-refractivity contribution in [2.24, 2.45) is 0 Å². The predicted octanol–water partition coefficient (Wildman–Crippen LogP) is 5.54. The lowest BCUT2D eigenvalue weighted by Crippen LogP contribution is -2.40. The van der Waals surface area contributed by atoms with E-state index in [-0.39, 0.29) is 18.1 Å². The molecule has 0 spiro atoms. The molecule has 0 fully saturated rings. The number of nitrogens with zero attached hydrogens (tertiary/aromatic N) is 1. The van der Waals surface area contributed by atoms with E-state index in [0.29, 0.717) is 52.1 Å². The molecular weight excluding hydrogens is 425 g/mol. The zero-order chi connectivity index (χ0) is 21.4. The Morgan fingerprint density at radius 3 is 2.40 bits per heavy atom. The number of hydrogen-bond acceptors (Lipinski definition) is 4. The number of carbonyl (C=O) groups is 2. The van der Waals surface area contributed by atoms with Crippen LogP contribution < -0.4 is 14.4 Å². The summed E-state index contributed by atoms with van der Waals surface area (Å²) in [7, 11) is 3.12. The van der Waals surface area contributed by atoms with Crippen LogP contribution in [0.25, 0.3) is 0 Å². The van der Waals surface area contributed by atoms with E-state index in [0.717, 1.165) is 11.3 Å². The summed E-state index contributed by atoms with van der Waals surface area (Å²) in [6.07, 6.45) is 1.91. The van der Waals surface area contributed by atoms with Gasteiger partial charge in [0.1, 0.15) is 0 Å². The molecule has 0 radical (unpaired) electrons. The number of amides is 1. The summed E-state index contributed by atoms with van der Waals surface area (Å²) in [6, 6.07) is 10.5. The Labute approximate surface area is 185 Å². The molecule has 4 rings (SSSR count). The van der Waals surface area contributed by atoms with E-state index in [4.69, 9.17) is 32.7 Å². The standard InChI is InChI=1S/C23H21Cl2NO4/c1-29-20-8-3-5-16(23(20)30-2)17-12-21(28)26(15-10-13(24)9-14(25)11-15)18-6-4-7-19(27)22(17)18/h3,5,8-11,17H,4,6-7,12H2,1-2H3. The monoisotopic (exact) mass is 445 g/mol. The molecular formula is C23H21Cl2NO4. The molecule has 0 saturated heterocycles. The first-order valence-electron chi connectivity index (χ1n) is 9.70. The number of para-hydroxylation sites is 1. The lowest BCUT2D eigenvalue weighted by molar-refractivity contribution is -0.119. The Hall–Kier alpha value is -2.50. The normalized spacial score (nSPS) is 19.1. The van der Waals surface area contributed by atoms with Gasteiger partial charge in [0.15, 0.2) is 17.3 Å². The van der Waals surface area contributed by atoms with Gasteiger partial charge >= 0.3 is 0 Å². The molecule has 1 amide bonds. The Kier molecular flexibility index (Phi) is 5.76. The highest BCUT2D eigenvalue weighted by Crippen LogP contribution is 2.47. The van der Waals surface area contributed by atoms with Crippen LogP contribution in [0.5, 0.6) is 11.5 Å². The molecule has 1 aliphatic heterocycles. The van der Waals surface area contributed by atoms with Crippen LogP contribution in [-0.2, 0) is 9.59 Å². The van der Waals surface area contributed by atoms with Crippen LogP contribution in [0, 0.1) is 0 Å². The molecule has 0 N–H and O–H groups in total. The van der Waals surface area contributed by atoms with Gasteiger partial charge < -0.3 is 9.47 Å². The Morgan fingerprint density at radius 1 is 1.00 bits per heavy atom. The van der Waals surface area contributed by atoms with Gasteiger partial charge in [0.05, 0.1) is 19.9 Å². The van der Waals surface area contributed by atoms with Crippen LogP contribution in [-0.4, -0.2) is 25.9 Å². The molecule has 1 unspecified atom stereocenters. The van der Waals surface area contributed by atoms with Crippen molar-refractivity contribution < 1.29 is 19.1 Å². The Bertz CT molecular complexity index is 1040. The largest absolute Gasteiger partial charge is 0.493 e. The number of rotatable bonds is 4. The third kappa shape index (κ3) is 3.57. The number of benzene rings is 2. The quantitative estimate of drug-likeness (QED) is 0.619. The topological polar surface area (TPSA) is 55.8 Å². The highest BCUT2D eigenvalue weighted by atomic mass is 35.5. The fraction of sp³-hybridized carbons (Fsp3) is 0.304. The predicted molar refractivity (Wildman–Crippen MR) is 117 cm³/mol. The van der Waals surface area contributed by atoms with E-state index in [2.05, 4.69) is 0 Å². The smallest absolute Gasteiger partial charge is 0.232 e. The molecule has 0 bridgehead atoms. The number of halogens is 2. The first-order valence-corrected chi connectivity index (χ1v) is 10.5. The molecule has 2 aliphatic rings. The second-order valence-electron chi connectivity index (χ2n) is 7.33. The van der Waals surface area contributed by atoms with Crippen molar-refractivity contribution in [1.82, 2.24) is 0 Å². The average molecular weight is 446 g/mol. The zero-order valence-corrected chi connectivity index (χ0v) is 18.2. The molecule has 1 aliphatic carbocycles. The third-order valence-corrected chi connectivity index (χ3v) is 6.03. The van der Waals surface area contributed by atoms with Gasteiger partial charge in [-0.25, -0.2) is 0 Å². The van der Waals surface area contributed by atoms with Gasteiger partial charge in [-0.15, -0.1) is 0 Å². The summed E-state index contributed by atoms with van der Waals surface area (Å²) in [5.74, 6) is 0.656. The molecule has 5 nitrogen and oxygen atoms in total. The fourth-order valence-electron chi connectivity index (χ4n) is 4.41. The average Bonchev–Trinajstić information content (AvgIpc) is 2.71. The SMILES string of the molecule is COc1cccc(C2CC(=O)N(c3cc(Cl)cc(Cl)c3)C3=C2C(=O)CCC3)c1OC. The van der Waals surface area contributed by atoms with Crippen LogP contribution in [0.2, 0.25) is 10.0 Å². The van der Waals surface area contributed by atoms with Gasteiger partial charge in [-0.2, -0.15) is 0 Å². The fourth-order valence-corrected chi connectivity index (χ4v) is 4.93. The summed E-state index contributed by atoms with van der Waals surface area (Å²) in [4.78, 5) is 28.0. The Balaban J connectivity index is 1.91. The molecule has 7 heteroatoms. The van der Waals surface area contributed by atoms with Crippen molar-refractivity contribution in [3.05, 3.63) is 63.3 Å². The summed E-state index contributed by atoms with van der Waals surface area (Å²) >= 11 is 12.4. The van der Waals surface area contributed by atoms with Crippen molar-refractivity contribution in [2.75, 3.05) is 19.1 Å². The third-order valence-electron chi connectivity index (χ3n) is 5.59. The van der Waals surface area contributed by atoms with Crippen molar-refractivity contribution >= 4 is 40.6 Å². The van der Waals surface area contributed by atoms with Crippen molar-refractivity contribution in [3.63, 3.8) is 0 Å². The summed E-state index contributed by atoms with van der Waals surface area (Å²) < 4.78 is 11.0.